The molecule has 0 spiro atoms. The summed E-state index contributed by atoms with van der Waals surface area (Å²) in [6.45, 7) is 7.60. The summed E-state index contributed by atoms with van der Waals surface area (Å²) in [7, 11) is 0. The molecule has 0 aliphatic carbocycles. The van der Waals surface area contributed by atoms with Crippen LogP contribution in [0.5, 0.6) is 0 Å². The number of piperazine rings is 1. The summed E-state index contributed by atoms with van der Waals surface area (Å²) < 4.78 is 0. The highest BCUT2D eigenvalue weighted by Crippen LogP contribution is 2.19. The van der Waals surface area contributed by atoms with E-state index < -0.39 is 0 Å². The van der Waals surface area contributed by atoms with Crippen molar-refractivity contribution in [3.05, 3.63) is 47.0 Å². The Kier molecular flexibility index (Phi) is 3.80. The normalized spacial score (nSPS) is 16.8. The van der Waals surface area contributed by atoms with Gasteiger partial charge in [-0.25, -0.2) is 4.98 Å². The molecule has 0 atom stereocenters. The van der Waals surface area contributed by atoms with Gasteiger partial charge in [0.25, 0.3) is 0 Å². The third kappa shape index (κ3) is 3.14. The molecule has 0 bridgehead atoms. The van der Waals surface area contributed by atoms with E-state index in [1.54, 1.807) is 11.3 Å². The summed E-state index contributed by atoms with van der Waals surface area (Å²) >= 11 is 1.73. The van der Waals surface area contributed by atoms with Gasteiger partial charge in [0.15, 0.2) is 5.13 Å². The lowest BCUT2D eigenvalue weighted by molar-refractivity contribution is 0.250. The quantitative estimate of drug-likeness (QED) is 0.857. The lowest BCUT2D eigenvalue weighted by Crippen LogP contribution is -2.45. The number of hydrogen-bond acceptors (Lipinski definition) is 4. The molecule has 1 aromatic heterocycles. The summed E-state index contributed by atoms with van der Waals surface area (Å²) in [6.07, 6.45) is 1.89. The highest BCUT2D eigenvalue weighted by Gasteiger charge is 2.18. The molecule has 1 saturated heterocycles. The lowest BCUT2D eigenvalue weighted by atomic mass is 10.1. The van der Waals surface area contributed by atoms with Gasteiger partial charge in [0.05, 0.1) is 0 Å². The fourth-order valence-corrected chi connectivity index (χ4v) is 3.12. The number of hydrogen-bond donors (Lipinski definition) is 0. The van der Waals surface area contributed by atoms with Crippen molar-refractivity contribution < 1.29 is 0 Å². The van der Waals surface area contributed by atoms with Gasteiger partial charge in [0.1, 0.15) is 0 Å². The SMILES string of the molecule is Cc1ccc(CN2CCN(c3nccs3)CC2)cc1. The lowest BCUT2D eigenvalue weighted by Gasteiger charge is -2.34. The van der Waals surface area contributed by atoms with Crippen LogP contribution in [-0.2, 0) is 6.54 Å². The minimum atomic E-state index is 1.06. The molecule has 2 aromatic rings. The molecule has 0 unspecified atom stereocenters. The molecule has 1 aromatic carbocycles. The van der Waals surface area contributed by atoms with Crippen LogP contribution in [0, 0.1) is 6.92 Å². The molecule has 4 heteroatoms. The van der Waals surface area contributed by atoms with Crippen LogP contribution in [0.25, 0.3) is 0 Å². The van der Waals surface area contributed by atoms with E-state index in [0.717, 1.165) is 37.9 Å². The molecule has 100 valence electrons. The van der Waals surface area contributed by atoms with Crippen LogP contribution in [0.1, 0.15) is 11.1 Å². The van der Waals surface area contributed by atoms with Gasteiger partial charge in [-0.15, -0.1) is 11.3 Å². The maximum Gasteiger partial charge on any atom is 0.185 e. The Labute approximate surface area is 118 Å². The fourth-order valence-electron chi connectivity index (χ4n) is 2.42. The fraction of sp³-hybridized carbons (Fsp3) is 0.400. The van der Waals surface area contributed by atoms with Gasteiger partial charge in [-0.1, -0.05) is 29.8 Å². The molecule has 3 rings (SSSR count). The number of benzene rings is 1. The third-order valence-corrected chi connectivity index (χ3v) is 4.42. The van der Waals surface area contributed by atoms with Gasteiger partial charge in [-0.2, -0.15) is 0 Å². The van der Waals surface area contributed by atoms with Gasteiger partial charge in [-0.3, -0.25) is 4.90 Å². The molecule has 0 N–H and O–H groups in total. The van der Waals surface area contributed by atoms with Crippen LogP contribution >= 0.6 is 11.3 Å². The van der Waals surface area contributed by atoms with E-state index >= 15 is 0 Å². The van der Waals surface area contributed by atoms with Crippen molar-refractivity contribution in [1.82, 2.24) is 9.88 Å². The molecule has 1 aliphatic heterocycles. The first kappa shape index (κ1) is 12.6. The third-order valence-electron chi connectivity index (χ3n) is 3.59. The first-order valence-corrected chi connectivity index (χ1v) is 7.61. The molecule has 1 aliphatic rings. The summed E-state index contributed by atoms with van der Waals surface area (Å²) in [5.74, 6) is 0. The molecule has 0 saturated carbocycles. The molecule has 19 heavy (non-hydrogen) atoms. The topological polar surface area (TPSA) is 19.4 Å². The van der Waals surface area contributed by atoms with Crippen molar-refractivity contribution >= 4 is 16.5 Å². The predicted molar refractivity (Wildman–Crippen MR) is 80.8 cm³/mol. The largest absolute Gasteiger partial charge is 0.346 e. The van der Waals surface area contributed by atoms with Crippen LogP contribution in [0.15, 0.2) is 35.8 Å². The maximum atomic E-state index is 4.38. The minimum Gasteiger partial charge on any atom is -0.346 e. The van der Waals surface area contributed by atoms with Crippen molar-refractivity contribution in [2.75, 3.05) is 31.1 Å². The van der Waals surface area contributed by atoms with Gasteiger partial charge < -0.3 is 4.90 Å². The van der Waals surface area contributed by atoms with Crippen molar-refractivity contribution in [1.29, 1.82) is 0 Å². The minimum absolute atomic E-state index is 1.06. The van der Waals surface area contributed by atoms with Crippen LogP contribution in [0.4, 0.5) is 5.13 Å². The van der Waals surface area contributed by atoms with Crippen molar-refractivity contribution in [3.63, 3.8) is 0 Å². The van der Waals surface area contributed by atoms with E-state index in [1.807, 2.05) is 11.6 Å². The smallest absolute Gasteiger partial charge is 0.185 e. The zero-order valence-corrected chi connectivity index (χ0v) is 12.1. The van der Waals surface area contributed by atoms with Gasteiger partial charge in [0.2, 0.25) is 0 Å². The van der Waals surface area contributed by atoms with Crippen LogP contribution < -0.4 is 4.90 Å². The number of anilines is 1. The molecular formula is C15H19N3S. The molecule has 3 nitrogen and oxygen atoms in total. The van der Waals surface area contributed by atoms with E-state index in [4.69, 9.17) is 0 Å². The van der Waals surface area contributed by atoms with Crippen LogP contribution in [0.2, 0.25) is 0 Å². The van der Waals surface area contributed by atoms with E-state index in [-0.39, 0.29) is 0 Å². The number of thiazole rings is 1. The summed E-state index contributed by atoms with van der Waals surface area (Å²) in [5.41, 5.74) is 2.74. The molecule has 0 radical (unpaired) electrons. The van der Waals surface area contributed by atoms with E-state index in [1.165, 1.54) is 11.1 Å². The van der Waals surface area contributed by atoms with Crippen molar-refractivity contribution in [3.8, 4) is 0 Å². The number of aromatic nitrogens is 1. The Bertz CT molecular complexity index is 499. The second-order valence-corrected chi connectivity index (χ2v) is 5.94. The Morgan fingerprint density at radius 3 is 2.47 bits per heavy atom. The maximum absolute atomic E-state index is 4.38. The van der Waals surface area contributed by atoms with E-state index in [9.17, 15) is 0 Å². The predicted octanol–water partition coefficient (Wildman–Crippen LogP) is 2.77. The monoisotopic (exact) mass is 273 g/mol. The first-order valence-electron chi connectivity index (χ1n) is 6.73. The zero-order chi connectivity index (χ0) is 13.1. The van der Waals surface area contributed by atoms with Crippen LogP contribution in [-0.4, -0.2) is 36.1 Å². The average Bonchev–Trinajstić information content (AvgIpc) is 2.96. The van der Waals surface area contributed by atoms with Gasteiger partial charge >= 0.3 is 0 Å². The highest BCUT2D eigenvalue weighted by molar-refractivity contribution is 7.13. The molecule has 1 fully saturated rings. The van der Waals surface area contributed by atoms with E-state index in [2.05, 4.69) is 46.0 Å². The number of aryl methyl sites for hydroxylation is 1. The summed E-state index contributed by atoms with van der Waals surface area (Å²) in [5, 5.41) is 3.21. The van der Waals surface area contributed by atoms with Crippen molar-refractivity contribution in [2.24, 2.45) is 0 Å². The zero-order valence-electron chi connectivity index (χ0n) is 11.2. The number of rotatable bonds is 3. The Morgan fingerprint density at radius 2 is 1.84 bits per heavy atom. The summed E-state index contributed by atoms with van der Waals surface area (Å²) in [4.78, 5) is 9.29. The summed E-state index contributed by atoms with van der Waals surface area (Å²) in [6, 6.07) is 8.87. The molecular weight excluding hydrogens is 254 g/mol. The standard InChI is InChI=1S/C15H19N3S/c1-13-2-4-14(5-3-13)12-17-7-9-18(10-8-17)15-16-6-11-19-15/h2-6,11H,7-10,12H2,1H3. The first-order chi connectivity index (χ1) is 9.31. The number of nitrogens with zero attached hydrogens (tertiary/aromatic N) is 3. The highest BCUT2D eigenvalue weighted by atomic mass is 32.1. The Hall–Kier alpha value is -1.39. The second kappa shape index (κ2) is 5.72. The van der Waals surface area contributed by atoms with Crippen LogP contribution in [0.3, 0.4) is 0 Å². The second-order valence-electron chi connectivity index (χ2n) is 5.06. The van der Waals surface area contributed by atoms with Crippen molar-refractivity contribution in [2.45, 2.75) is 13.5 Å². The molecule has 0 amide bonds. The Balaban J connectivity index is 1.54. The van der Waals surface area contributed by atoms with Gasteiger partial charge in [0, 0.05) is 44.3 Å². The van der Waals surface area contributed by atoms with Gasteiger partial charge in [-0.05, 0) is 12.5 Å². The average molecular weight is 273 g/mol. The Morgan fingerprint density at radius 1 is 1.11 bits per heavy atom. The molecule has 2 heterocycles. The van der Waals surface area contributed by atoms with E-state index in [0.29, 0.717) is 0 Å².